The minimum Gasteiger partial charge on any atom is -0.382 e. The van der Waals surface area contributed by atoms with Crippen molar-refractivity contribution in [1.82, 2.24) is 5.32 Å². The van der Waals surface area contributed by atoms with Crippen LogP contribution in [0.3, 0.4) is 0 Å². The Morgan fingerprint density at radius 2 is 1.32 bits per heavy atom. The van der Waals surface area contributed by atoms with Crippen LogP contribution in [0.2, 0.25) is 0 Å². The first kappa shape index (κ1) is 16.9. The smallest absolute Gasteiger partial charge is 0.0701 e. The van der Waals surface area contributed by atoms with Crippen molar-refractivity contribution in [2.24, 2.45) is 5.92 Å². The summed E-state index contributed by atoms with van der Waals surface area (Å²) in [4.78, 5) is 0. The number of ether oxygens (including phenoxy) is 4. The molecule has 1 heterocycles. The van der Waals surface area contributed by atoms with Gasteiger partial charge in [0.05, 0.1) is 39.6 Å². The maximum Gasteiger partial charge on any atom is 0.0701 e. The van der Waals surface area contributed by atoms with Gasteiger partial charge in [0.15, 0.2) is 0 Å². The second-order valence-electron chi connectivity index (χ2n) is 4.81. The quantitative estimate of drug-likeness (QED) is 0.540. The Morgan fingerprint density at radius 1 is 0.789 bits per heavy atom. The van der Waals surface area contributed by atoms with Crippen LogP contribution in [0.1, 0.15) is 19.3 Å². The maximum atomic E-state index is 5.58. The van der Waals surface area contributed by atoms with Crippen LogP contribution in [-0.2, 0) is 18.9 Å². The average molecular weight is 275 g/mol. The molecule has 0 saturated carbocycles. The summed E-state index contributed by atoms with van der Waals surface area (Å²) in [5.41, 5.74) is 0. The van der Waals surface area contributed by atoms with E-state index in [0.29, 0.717) is 39.6 Å². The molecule has 5 nitrogen and oxygen atoms in total. The van der Waals surface area contributed by atoms with Crippen molar-refractivity contribution < 1.29 is 18.9 Å². The fraction of sp³-hybridized carbons (Fsp3) is 1.00. The summed E-state index contributed by atoms with van der Waals surface area (Å²) >= 11 is 0. The maximum absolute atomic E-state index is 5.58. The minimum atomic E-state index is 0.623. The highest BCUT2D eigenvalue weighted by Gasteiger charge is 2.11. The highest BCUT2D eigenvalue weighted by Crippen LogP contribution is 2.15. The third-order valence-electron chi connectivity index (χ3n) is 3.30. The SMILES string of the molecule is COCCOCCOCCOCCC1CCNCC1. The summed E-state index contributed by atoms with van der Waals surface area (Å²) in [5, 5.41) is 3.38. The lowest BCUT2D eigenvalue weighted by molar-refractivity contribution is 0.00177. The van der Waals surface area contributed by atoms with E-state index >= 15 is 0 Å². The predicted octanol–water partition coefficient (Wildman–Crippen LogP) is 1.07. The minimum absolute atomic E-state index is 0.623. The van der Waals surface area contributed by atoms with Crippen LogP contribution in [0.25, 0.3) is 0 Å². The Kier molecular flexibility index (Phi) is 11.4. The number of hydrogen-bond donors (Lipinski definition) is 1. The Bertz CT molecular complexity index is 186. The Hall–Kier alpha value is -0.200. The van der Waals surface area contributed by atoms with Crippen molar-refractivity contribution in [1.29, 1.82) is 0 Å². The van der Waals surface area contributed by atoms with Gasteiger partial charge in [-0.05, 0) is 38.3 Å². The van der Waals surface area contributed by atoms with Crippen molar-refractivity contribution in [3.05, 3.63) is 0 Å². The van der Waals surface area contributed by atoms with Crippen LogP contribution < -0.4 is 5.32 Å². The average Bonchev–Trinajstić information content (AvgIpc) is 2.46. The number of methoxy groups -OCH3 is 1. The summed E-state index contributed by atoms with van der Waals surface area (Å²) in [6.45, 7) is 7.04. The van der Waals surface area contributed by atoms with Crippen LogP contribution in [0.15, 0.2) is 0 Å². The molecule has 0 aromatic rings. The first-order valence-electron chi connectivity index (χ1n) is 7.36. The molecule has 19 heavy (non-hydrogen) atoms. The van der Waals surface area contributed by atoms with Gasteiger partial charge < -0.3 is 24.3 Å². The topological polar surface area (TPSA) is 49.0 Å². The van der Waals surface area contributed by atoms with Gasteiger partial charge in [0.2, 0.25) is 0 Å². The van der Waals surface area contributed by atoms with Crippen molar-refractivity contribution in [2.45, 2.75) is 19.3 Å². The Morgan fingerprint density at radius 3 is 1.89 bits per heavy atom. The molecule has 1 saturated heterocycles. The van der Waals surface area contributed by atoms with Crippen LogP contribution in [-0.4, -0.2) is 66.4 Å². The van der Waals surface area contributed by atoms with E-state index in [1.165, 1.54) is 19.3 Å². The summed E-state index contributed by atoms with van der Waals surface area (Å²) in [7, 11) is 1.67. The van der Waals surface area contributed by atoms with E-state index < -0.39 is 0 Å². The summed E-state index contributed by atoms with van der Waals surface area (Å²) in [5.74, 6) is 0.844. The molecule has 0 bridgehead atoms. The molecule has 1 fully saturated rings. The van der Waals surface area contributed by atoms with Crippen LogP contribution in [0.4, 0.5) is 0 Å². The molecule has 0 aromatic heterocycles. The Labute approximate surface area is 116 Å². The molecule has 0 atom stereocenters. The number of rotatable bonds is 12. The number of piperidine rings is 1. The van der Waals surface area contributed by atoms with Gasteiger partial charge in [-0.25, -0.2) is 0 Å². The highest BCUT2D eigenvalue weighted by molar-refractivity contribution is 4.67. The number of nitrogens with one attached hydrogen (secondary N) is 1. The van der Waals surface area contributed by atoms with E-state index in [-0.39, 0.29) is 0 Å². The van der Waals surface area contributed by atoms with Gasteiger partial charge in [0.1, 0.15) is 0 Å². The van der Waals surface area contributed by atoms with E-state index in [1.807, 2.05) is 0 Å². The molecule has 0 spiro atoms. The van der Waals surface area contributed by atoms with Crippen LogP contribution in [0, 0.1) is 5.92 Å². The zero-order chi connectivity index (χ0) is 13.6. The molecular formula is C14H29NO4. The fourth-order valence-electron chi connectivity index (χ4n) is 2.10. The number of hydrogen-bond acceptors (Lipinski definition) is 5. The second kappa shape index (κ2) is 12.8. The molecule has 1 N–H and O–H groups in total. The molecule has 0 unspecified atom stereocenters. The monoisotopic (exact) mass is 275 g/mol. The fourth-order valence-corrected chi connectivity index (χ4v) is 2.10. The summed E-state index contributed by atoms with van der Waals surface area (Å²) < 4.78 is 21.1. The molecule has 0 radical (unpaired) electrons. The third-order valence-corrected chi connectivity index (χ3v) is 3.30. The van der Waals surface area contributed by atoms with Crippen molar-refractivity contribution in [3.8, 4) is 0 Å². The van der Waals surface area contributed by atoms with E-state index in [4.69, 9.17) is 18.9 Å². The first-order chi connectivity index (χ1) is 9.43. The largest absolute Gasteiger partial charge is 0.382 e. The lowest BCUT2D eigenvalue weighted by Gasteiger charge is -2.22. The normalized spacial score (nSPS) is 16.9. The van der Waals surface area contributed by atoms with Gasteiger partial charge in [-0.2, -0.15) is 0 Å². The summed E-state index contributed by atoms with van der Waals surface area (Å²) in [6.07, 6.45) is 3.76. The molecule has 0 amide bonds. The van der Waals surface area contributed by atoms with Gasteiger partial charge >= 0.3 is 0 Å². The van der Waals surface area contributed by atoms with Gasteiger partial charge in [-0.15, -0.1) is 0 Å². The lowest BCUT2D eigenvalue weighted by Crippen LogP contribution is -2.28. The zero-order valence-corrected chi connectivity index (χ0v) is 12.2. The van der Waals surface area contributed by atoms with Gasteiger partial charge in [-0.3, -0.25) is 0 Å². The molecular weight excluding hydrogens is 246 g/mol. The molecule has 114 valence electrons. The standard InChI is InChI=1S/C14H29NO4/c1-16-8-9-18-12-13-19-11-10-17-7-4-14-2-5-15-6-3-14/h14-15H,2-13H2,1H3. The molecule has 0 aromatic carbocycles. The third kappa shape index (κ3) is 10.3. The van der Waals surface area contributed by atoms with Gasteiger partial charge in [-0.1, -0.05) is 0 Å². The lowest BCUT2D eigenvalue weighted by atomic mass is 9.95. The van der Waals surface area contributed by atoms with Crippen molar-refractivity contribution in [3.63, 3.8) is 0 Å². The van der Waals surface area contributed by atoms with E-state index in [9.17, 15) is 0 Å². The molecule has 1 rings (SSSR count). The molecule has 1 aliphatic rings. The van der Waals surface area contributed by atoms with Gasteiger partial charge in [0, 0.05) is 13.7 Å². The van der Waals surface area contributed by atoms with Crippen LogP contribution >= 0.6 is 0 Å². The van der Waals surface area contributed by atoms with E-state index in [1.54, 1.807) is 7.11 Å². The van der Waals surface area contributed by atoms with Crippen molar-refractivity contribution >= 4 is 0 Å². The second-order valence-corrected chi connectivity index (χ2v) is 4.81. The van der Waals surface area contributed by atoms with Gasteiger partial charge in [0.25, 0.3) is 0 Å². The first-order valence-corrected chi connectivity index (χ1v) is 7.36. The summed E-state index contributed by atoms with van der Waals surface area (Å²) in [6, 6.07) is 0. The van der Waals surface area contributed by atoms with Crippen molar-refractivity contribution in [2.75, 3.05) is 66.4 Å². The predicted molar refractivity (Wildman–Crippen MR) is 74.5 cm³/mol. The van der Waals surface area contributed by atoms with E-state index in [0.717, 1.165) is 25.6 Å². The molecule has 5 heteroatoms. The van der Waals surface area contributed by atoms with Crippen LogP contribution in [0.5, 0.6) is 0 Å². The zero-order valence-electron chi connectivity index (χ0n) is 12.2. The highest BCUT2D eigenvalue weighted by atomic mass is 16.6. The Balaban J connectivity index is 1.71. The molecule has 0 aliphatic carbocycles. The van der Waals surface area contributed by atoms with E-state index in [2.05, 4.69) is 5.32 Å². The molecule has 1 aliphatic heterocycles.